The van der Waals surface area contributed by atoms with Gasteiger partial charge in [-0.15, -0.1) is 0 Å². The fraction of sp³-hybridized carbons (Fsp3) is 0.412. The third-order valence-electron chi connectivity index (χ3n) is 4.73. The van der Waals surface area contributed by atoms with Gasteiger partial charge in [-0.2, -0.15) is 0 Å². The van der Waals surface area contributed by atoms with Crippen molar-refractivity contribution in [3.05, 3.63) is 45.3 Å². The lowest BCUT2D eigenvalue weighted by molar-refractivity contribution is -0.384. The van der Waals surface area contributed by atoms with E-state index in [0.29, 0.717) is 48.9 Å². The van der Waals surface area contributed by atoms with Gasteiger partial charge in [0.2, 0.25) is 0 Å². The normalized spacial score (nSPS) is 15.0. The van der Waals surface area contributed by atoms with Crippen LogP contribution < -0.4 is 4.90 Å². The number of anilines is 1. The Morgan fingerprint density at radius 1 is 1.21 bits per heavy atom. The summed E-state index contributed by atoms with van der Waals surface area (Å²) >= 11 is 0. The Hall–Kier alpha value is -2.95. The molecule has 0 unspecified atom stereocenters. The van der Waals surface area contributed by atoms with Gasteiger partial charge in [0.1, 0.15) is 17.0 Å². The first-order valence-electron chi connectivity index (χ1n) is 8.55. The monoisotopic (exact) mass is 408 g/mol. The van der Waals surface area contributed by atoms with E-state index in [1.807, 2.05) is 0 Å². The van der Waals surface area contributed by atoms with Crippen molar-refractivity contribution in [2.75, 3.05) is 37.3 Å². The second kappa shape index (κ2) is 7.23. The van der Waals surface area contributed by atoms with Crippen LogP contribution in [0.15, 0.2) is 27.6 Å². The predicted molar refractivity (Wildman–Crippen MR) is 100 cm³/mol. The van der Waals surface area contributed by atoms with Crippen molar-refractivity contribution >= 4 is 27.1 Å². The number of aromatic nitrogens is 1. The molecule has 0 radical (unpaired) electrons. The smallest absolute Gasteiger partial charge is 0.293 e. The van der Waals surface area contributed by atoms with E-state index in [1.165, 1.54) is 12.1 Å². The Morgan fingerprint density at radius 2 is 1.86 bits per heavy atom. The molecule has 1 fully saturated rings. The Labute approximate surface area is 161 Å². The molecule has 3 rings (SSSR count). The number of carbonyl (C=O) groups is 1. The zero-order valence-electron chi connectivity index (χ0n) is 15.7. The molecule has 1 aliphatic heterocycles. The summed E-state index contributed by atoms with van der Waals surface area (Å²) < 4.78 is 28.4. The van der Waals surface area contributed by atoms with Crippen molar-refractivity contribution in [2.45, 2.75) is 18.7 Å². The minimum atomic E-state index is -3.55. The third kappa shape index (κ3) is 3.70. The molecular formula is C17H20N4O6S. The van der Waals surface area contributed by atoms with Gasteiger partial charge in [0.15, 0.2) is 9.84 Å². The summed E-state index contributed by atoms with van der Waals surface area (Å²) in [7, 11) is -3.55. The van der Waals surface area contributed by atoms with Gasteiger partial charge in [-0.1, -0.05) is 5.16 Å². The highest BCUT2D eigenvalue weighted by Gasteiger charge is 2.29. The predicted octanol–water partition coefficient (Wildman–Crippen LogP) is 1.57. The van der Waals surface area contributed by atoms with E-state index in [4.69, 9.17) is 4.52 Å². The summed E-state index contributed by atoms with van der Waals surface area (Å²) in [5, 5.41) is 15.2. The molecule has 0 spiro atoms. The number of hydrogen-bond acceptors (Lipinski definition) is 8. The molecule has 1 saturated heterocycles. The molecular weight excluding hydrogens is 388 g/mol. The number of sulfone groups is 1. The number of carbonyl (C=O) groups excluding carboxylic acids is 1. The number of aryl methyl sites for hydroxylation is 2. The second-order valence-electron chi connectivity index (χ2n) is 6.66. The zero-order valence-corrected chi connectivity index (χ0v) is 16.5. The maximum absolute atomic E-state index is 12.7. The molecule has 1 aliphatic rings. The van der Waals surface area contributed by atoms with Crippen LogP contribution in [0.3, 0.4) is 0 Å². The van der Waals surface area contributed by atoms with Gasteiger partial charge in [-0.25, -0.2) is 8.42 Å². The quantitative estimate of drug-likeness (QED) is 0.551. The van der Waals surface area contributed by atoms with E-state index in [-0.39, 0.29) is 16.5 Å². The average molecular weight is 408 g/mol. The fourth-order valence-electron chi connectivity index (χ4n) is 3.24. The highest BCUT2D eigenvalue weighted by molar-refractivity contribution is 7.90. The maximum atomic E-state index is 12.7. The fourth-order valence-corrected chi connectivity index (χ4v) is 3.89. The summed E-state index contributed by atoms with van der Waals surface area (Å²) in [4.78, 5) is 26.9. The van der Waals surface area contributed by atoms with E-state index >= 15 is 0 Å². The lowest BCUT2D eigenvalue weighted by Crippen LogP contribution is -2.49. The standard InChI is InChI=1S/C17H20N4O6S/c1-11-16(12(2)27-18-11)17(22)20-8-6-19(7-9-20)14-5-4-13(28(3,25)26)10-15(14)21(23)24/h4-5,10H,6-9H2,1-3H3. The van der Waals surface area contributed by atoms with Crippen molar-refractivity contribution in [1.29, 1.82) is 0 Å². The van der Waals surface area contributed by atoms with Crippen LogP contribution in [0.1, 0.15) is 21.8 Å². The van der Waals surface area contributed by atoms with Crippen LogP contribution in [0, 0.1) is 24.0 Å². The van der Waals surface area contributed by atoms with Gasteiger partial charge in [0, 0.05) is 38.5 Å². The molecule has 150 valence electrons. The van der Waals surface area contributed by atoms with Crippen LogP contribution in [0.5, 0.6) is 0 Å². The van der Waals surface area contributed by atoms with Crippen LogP contribution in [-0.4, -0.2) is 61.7 Å². The van der Waals surface area contributed by atoms with Crippen LogP contribution >= 0.6 is 0 Å². The topological polar surface area (TPSA) is 127 Å². The largest absolute Gasteiger partial charge is 0.362 e. The number of benzene rings is 1. The molecule has 0 atom stereocenters. The Bertz CT molecular complexity index is 1020. The van der Waals surface area contributed by atoms with E-state index < -0.39 is 14.8 Å². The van der Waals surface area contributed by atoms with Gasteiger partial charge < -0.3 is 14.3 Å². The van der Waals surface area contributed by atoms with E-state index in [1.54, 1.807) is 23.6 Å². The van der Waals surface area contributed by atoms with Crippen LogP contribution in [0.25, 0.3) is 0 Å². The highest BCUT2D eigenvalue weighted by Crippen LogP contribution is 2.31. The minimum Gasteiger partial charge on any atom is -0.362 e. The first kappa shape index (κ1) is 19.8. The molecule has 2 aromatic rings. The maximum Gasteiger partial charge on any atom is 0.293 e. The highest BCUT2D eigenvalue weighted by atomic mass is 32.2. The van der Waals surface area contributed by atoms with Crippen molar-refractivity contribution in [3.63, 3.8) is 0 Å². The number of hydrogen-bond donors (Lipinski definition) is 0. The molecule has 1 amide bonds. The number of amides is 1. The number of nitro groups is 1. The molecule has 0 saturated carbocycles. The van der Waals surface area contributed by atoms with Gasteiger partial charge in [0.25, 0.3) is 11.6 Å². The number of rotatable bonds is 4. The van der Waals surface area contributed by atoms with Gasteiger partial charge in [0.05, 0.1) is 15.5 Å². The molecule has 1 aromatic carbocycles. The van der Waals surface area contributed by atoms with Gasteiger partial charge in [-0.05, 0) is 26.0 Å². The van der Waals surface area contributed by atoms with E-state index in [0.717, 1.165) is 12.3 Å². The number of nitrogens with zero attached hydrogens (tertiary/aromatic N) is 4. The lowest BCUT2D eigenvalue weighted by Gasteiger charge is -2.35. The third-order valence-corrected chi connectivity index (χ3v) is 5.84. The van der Waals surface area contributed by atoms with E-state index in [9.17, 15) is 23.3 Å². The van der Waals surface area contributed by atoms with Crippen LogP contribution in [0.4, 0.5) is 11.4 Å². The summed E-state index contributed by atoms with van der Waals surface area (Å²) in [5.74, 6) is 0.273. The SMILES string of the molecule is Cc1noc(C)c1C(=O)N1CCN(c2ccc(S(C)(=O)=O)cc2[N+](=O)[O-])CC1. The summed E-state index contributed by atoms with van der Waals surface area (Å²) in [6.07, 6.45) is 1.00. The van der Waals surface area contributed by atoms with Gasteiger partial charge >= 0.3 is 0 Å². The number of nitro benzene ring substituents is 1. The van der Waals surface area contributed by atoms with Crippen molar-refractivity contribution in [2.24, 2.45) is 0 Å². The van der Waals surface area contributed by atoms with Crippen molar-refractivity contribution < 1.29 is 22.7 Å². The lowest BCUT2D eigenvalue weighted by atomic mass is 10.1. The summed E-state index contributed by atoms with van der Waals surface area (Å²) in [5.41, 5.74) is 1.03. The number of piperazine rings is 1. The Morgan fingerprint density at radius 3 is 2.36 bits per heavy atom. The molecule has 2 heterocycles. The summed E-state index contributed by atoms with van der Waals surface area (Å²) in [6, 6.07) is 3.88. The molecule has 0 aliphatic carbocycles. The molecule has 1 aromatic heterocycles. The molecule has 0 bridgehead atoms. The Balaban J connectivity index is 1.80. The summed E-state index contributed by atoms with van der Waals surface area (Å²) in [6.45, 7) is 4.88. The van der Waals surface area contributed by atoms with Crippen LogP contribution in [0.2, 0.25) is 0 Å². The van der Waals surface area contributed by atoms with Crippen LogP contribution in [-0.2, 0) is 9.84 Å². The first-order valence-corrected chi connectivity index (χ1v) is 10.4. The van der Waals surface area contributed by atoms with Crippen molar-refractivity contribution in [1.82, 2.24) is 10.1 Å². The minimum absolute atomic E-state index is 0.102. The van der Waals surface area contributed by atoms with Crippen molar-refractivity contribution in [3.8, 4) is 0 Å². The second-order valence-corrected chi connectivity index (χ2v) is 8.67. The molecule has 10 nitrogen and oxygen atoms in total. The van der Waals surface area contributed by atoms with Gasteiger partial charge in [-0.3, -0.25) is 14.9 Å². The Kier molecular flexibility index (Phi) is 5.11. The molecule has 0 N–H and O–H groups in total. The molecule has 11 heteroatoms. The van der Waals surface area contributed by atoms with E-state index in [2.05, 4.69) is 5.16 Å². The first-order chi connectivity index (χ1) is 13.1. The zero-order chi connectivity index (χ0) is 20.6. The molecule has 28 heavy (non-hydrogen) atoms. The average Bonchev–Trinajstić information content (AvgIpc) is 2.98.